The molecule has 2 aromatic rings. The topological polar surface area (TPSA) is 32.3 Å². The van der Waals surface area contributed by atoms with E-state index in [1.54, 1.807) is 0 Å². The van der Waals surface area contributed by atoms with E-state index >= 15 is 0 Å². The summed E-state index contributed by atoms with van der Waals surface area (Å²) in [5.41, 5.74) is 4.73. The van der Waals surface area contributed by atoms with Crippen molar-refractivity contribution in [3.05, 3.63) is 65.2 Å². The van der Waals surface area contributed by atoms with Crippen LogP contribution in [-0.2, 0) is 13.0 Å². The van der Waals surface area contributed by atoms with Gasteiger partial charge >= 0.3 is 0 Å². The molecule has 1 atom stereocenters. The Kier molecular flexibility index (Phi) is 5.82. The van der Waals surface area contributed by atoms with Crippen molar-refractivity contribution in [2.45, 2.75) is 45.8 Å². The van der Waals surface area contributed by atoms with Gasteiger partial charge in [0.15, 0.2) is 0 Å². The minimum atomic E-state index is 0.0923. The van der Waals surface area contributed by atoms with Gasteiger partial charge in [-0.2, -0.15) is 0 Å². The van der Waals surface area contributed by atoms with E-state index in [0.717, 1.165) is 11.3 Å². The Morgan fingerprint density at radius 1 is 0.952 bits per heavy atom. The third-order valence-electron chi connectivity index (χ3n) is 3.82. The van der Waals surface area contributed by atoms with Gasteiger partial charge in [-0.1, -0.05) is 49.7 Å². The molecule has 1 unspecified atom stereocenters. The Balaban J connectivity index is 1.96. The van der Waals surface area contributed by atoms with E-state index in [1.807, 2.05) is 24.3 Å². The number of aliphatic hydroxyl groups excluding tert-OH is 1. The van der Waals surface area contributed by atoms with Crippen molar-refractivity contribution < 1.29 is 5.11 Å². The summed E-state index contributed by atoms with van der Waals surface area (Å²) in [4.78, 5) is 0. The lowest BCUT2D eigenvalue weighted by Crippen LogP contribution is -2.06. The molecule has 2 rings (SSSR count). The number of hydrogen-bond acceptors (Lipinski definition) is 2. The monoisotopic (exact) mass is 283 g/mol. The van der Waals surface area contributed by atoms with Crippen molar-refractivity contribution in [1.82, 2.24) is 0 Å². The summed E-state index contributed by atoms with van der Waals surface area (Å²) in [7, 11) is 0. The van der Waals surface area contributed by atoms with Crippen LogP contribution in [0.5, 0.6) is 0 Å². The number of unbranched alkanes of at least 4 members (excludes halogenated alkanes) is 1. The zero-order chi connectivity index (χ0) is 15.1. The van der Waals surface area contributed by atoms with E-state index in [0.29, 0.717) is 0 Å². The van der Waals surface area contributed by atoms with Gasteiger partial charge in [0.1, 0.15) is 0 Å². The lowest BCUT2D eigenvalue weighted by Gasteiger charge is -2.16. The first-order chi connectivity index (χ1) is 10.2. The molecule has 0 aliphatic carbocycles. The smallest absolute Gasteiger partial charge is 0.0681 e. The van der Waals surface area contributed by atoms with Crippen LogP contribution < -0.4 is 5.32 Å². The molecule has 112 valence electrons. The number of aryl methyl sites for hydroxylation is 1. The standard InChI is InChI=1S/C19H25NO/c1-3-4-5-16-6-10-18(11-7-16)15(2)20-19-12-8-17(14-21)9-13-19/h6-13,15,20-21H,3-5,14H2,1-2H3. The van der Waals surface area contributed by atoms with Gasteiger partial charge in [0.05, 0.1) is 6.61 Å². The fourth-order valence-corrected chi connectivity index (χ4v) is 2.39. The summed E-state index contributed by atoms with van der Waals surface area (Å²) in [5.74, 6) is 0. The summed E-state index contributed by atoms with van der Waals surface area (Å²) in [6.07, 6.45) is 3.66. The predicted octanol–water partition coefficient (Wildman–Crippen LogP) is 4.69. The second kappa shape index (κ2) is 7.84. The first kappa shape index (κ1) is 15.6. The molecule has 0 spiro atoms. The summed E-state index contributed by atoms with van der Waals surface area (Å²) in [6.45, 7) is 4.48. The largest absolute Gasteiger partial charge is 0.392 e. The van der Waals surface area contributed by atoms with Gasteiger partial charge in [-0.15, -0.1) is 0 Å². The summed E-state index contributed by atoms with van der Waals surface area (Å²) < 4.78 is 0. The van der Waals surface area contributed by atoms with Crippen LogP contribution in [0, 0.1) is 0 Å². The highest BCUT2D eigenvalue weighted by atomic mass is 16.3. The van der Waals surface area contributed by atoms with E-state index in [1.165, 1.54) is 30.4 Å². The van der Waals surface area contributed by atoms with Gasteiger partial charge in [-0.25, -0.2) is 0 Å². The Bertz CT molecular complexity index is 530. The van der Waals surface area contributed by atoms with Crippen molar-refractivity contribution in [2.24, 2.45) is 0 Å². The lowest BCUT2D eigenvalue weighted by atomic mass is 10.0. The highest BCUT2D eigenvalue weighted by molar-refractivity contribution is 5.46. The van der Waals surface area contributed by atoms with E-state index < -0.39 is 0 Å². The molecule has 0 radical (unpaired) electrons. The zero-order valence-corrected chi connectivity index (χ0v) is 13.0. The molecule has 0 saturated carbocycles. The third kappa shape index (κ3) is 4.61. The number of rotatable bonds is 7. The van der Waals surface area contributed by atoms with Gasteiger partial charge in [0, 0.05) is 11.7 Å². The Morgan fingerprint density at radius 2 is 1.57 bits per heavy atom. The van der Waals surface area contributed by atoms with E-state index in [9.17, 15) is 0 Å². The molecule has 0 saturated heterocycles. The molecule has 2 N–H and O–H groups in total. The first-order valence-electron chi connectivity index (χ1n) is 7.78. The van der Waals surface area contributed by atoms with E-state index in [2.05, 4.69) is 43.4 Å². The average molecular weight is 283 g/mol. The van der Waals surface area contributed by atoms with Crippen LogP contribution in [0.25, 0.3) is 0 Å². The van der Waals surface area contributed by atoms with E-state index in [-0.39, 0.29) is 12.6 Å². The highest BCUT2D eigenvalue weighted by Gasteiger charge is 2.05. The molecule has 0 fully saturated rings. The lowest BCUT2D eigenvalue weighted by molar-refractivity contribution is 0.282. The highest BCUT2D eigenvalue weighted by Crippen LogP contribution is 2.20. The molecular weight excluding hydrogens is 258 g/mol. The van der Waals surface area contributed by atoms with Gasteiger partial charge in [-0.3, -0.25) is 0 Å². The summed E-state index contributed by atoms with van der Waals surface area (Å²) >= 11 is 0. The van der Waals surface area contributed by atoms with Crippen molar-refractivity contribution >= 4 is 5.69 Å². The minimum absolute atomic E-state index is 0.0923. The fraction of sp³-hybridized carbons (Fsp3) is 0.368. The first-order valence-corrected chi connectivity index (χ1v) is 7.78. The number of nitrogens with one attached hydrogen (secondary N) is 1. The SMILES string of the molecule is CCCCc1ccc(C(C)Nc2ccc(CO)cc2)cc1. The maximum Gasteiger partial charge on any atom is 0.0681 e. The van der Waals surface area contributed by atoms with Gasteiger partial charge in [-0.05, 0) is 48.6 Å². The molecule has 21 heavy (non-hydrogen) atoms. The average Bonchev–Trinajstić information content (AvgIpc) is 2.54. The molecule has 0 heterocycles. The van der Waals surface area contributed by atoms with Crippen LogP contribution >= 0.6 is 0 Å². The summed E-state index contributed by atoms with van der Waals surface area (Å²) in [5, 5.41) is 12.5. The maximum atomic E-state index is 9.06. The van der Waals surface area contributed by atoms with Crippen LogP contribution in [0.2, 0.25) is 0 Å². The minimum Gasteiger partial charge on any atom is -0.392 e. The summed E-state index contributed by atoms with van der Waals surface area (Å²) in [6, 6.07) is 17.1. The Hall–Kier alpha value is -1.80. The quantitative estimate of drug-likeness (QED) is 0.772. The van der Waals surface area contributed by atoms with Crippen molar-refractivity contribution in [2.75, 3.05) is 5.32 Å². The molecule has 0 bridgehead atoms. The van der Waals surface area contributed by atoms with Crippen LogP contribution in [0.4, 0.5) is 5.69 Å². The fourth-order valence-electron chi connectivity index (χ4n) is 2.39. The van der Waals surface area contributed by atoms with Crippen LogP contribution in [0.1, 0.15) is 49.4 Å². The molecule has 0 aliphatic heterocycles. The second-order valence-corrected chi connectivity index (χ2v) is 5.57. The van der Waals surface area contributed by atoms with Crippen molar-refractivity contribution in [3.63, 3.8) is 0 Å². The molecule has 2 aromatic carbocycles. The third-order valence-corrected chi connectivity index (χ3v) is 3.82. The van der Waals surface area contributed by atoms with Gasteiger partial charge in [0.2, 0.25) is 0 Å². The Labute approximate surface area is 127 Å². The number of aliphatic hydroxyl groups is 1. The number of anilines is 1. The van der Waals surface area contributed by atoms with Crippen molar-refractivity contribution in [3.8, 4) is 0 Å². The molecular formula is C19H25NO. The van der Waals surface area contributed by atoms with Gasteiger partial charge in [0.25, 0.3) is 0 Å². The molecule has 0 aliphatic rings. The molecule has 2 nitrogen and oxygen atoms in total. The van der Waals surface area contributed by atoms with Crippen molar-refractivity contribution in [1.29, 1.82) is 0 Å². The normalized spacial score (nSPS) is 12.1. The Morgan fingerprint density at radius 3 is 2.14 bits per heavy atom. The number of hydrogen-bond donors (Lipinski definition) is 2. The van der Waals surface area contributed by atoms with Crippen LogP contribution in [0.3, 0.4) is 0 Å². The maximum absolute atomic E-state index is 9.06. The zero-order valence-electron chi connectivity index (χ0n) is 13.0. The molecule has 2 heteroatoms. The van der Waals surface area contributed by atoms with Crippen LogP contribution in [-0.4, -0.2) is 5.11 Å². The predicted molar refractivity (Wildman–Crippen MR) is 89.5 cm³/mol. The van der Waals surface area contributed by atoms with Gasteiger partial charge < -0.3 is 10.4 Å². The number of benzene rings is 2. The van der Waals surface area contributed by atoms with Crippen LogP contribution in [0.15, 0.2) is 48.5 Å². The molecule has 0 aromatic heterocycles. The second-order valence-electron chi connectivity index (χ2n) is 5.57. The van der Waals surface area contributed by atoms with E-state index in [4.69, 9.17) is 5.11 Å². The molecule has 0 amide bonds.